The highest BCUT2D eigenvalue weighted by Gasteiger charge is 2.39. The van der Waals surface area contributed by atoms with Gasteiger partial charge in [-0.05, 0) is 51.9 Å². The SMILES string of the molecule is O=C(NCc1cc(Cl)ccc1-n1cnnn1)[C@@H]1CCON1C(=O)C(O)c1cc(F)cc(F)c1. The molecule has 0 radical (unpaired) electrons. The average Bonchev–Trinajstić information content (AvgIpc) is 3.48. The summed E-state index contributed by atoms with van der Waals surface area (Å²) in [6.07, 6.45) is -0.365. The molecule has 13 heteroatoms. The van der Waals surface area contributed by atoms with E-state index in [1.54, 1.807) is 18.2 Å². The molecule has 0 spiro atoms. The minimum absolute atomic E-state index is 0.0325. The number of benzene rings is 2. The van der Waals surface area contributed by atoms with Gasteiger partial charge in [0, 0.05) is 24.1 Å². The molecule has 1 saturated heterocycles. The Morgan fingerprint density at radius 2 is 2.00 bits per heavy atom. The molecular weight excluding hydrogens is 462 g/mol. The quantitative estimate of drug-likeness (QED) is 0.550. The fraction of sp³-hybridized carbons (Fsp3) is 0.250. The summed E-state index contributed by atoms with van der Waals surface area (Å²) >= 11 is 6.07. The number of carbonyl (C=O) groups excluding carboxylic acids is 2. The van der Waals surface area contributed by atoms with Crippen molar-refractivity contribution in [2.45, 2.75) is 25.1 Å². The van der Waals surface area contributed by atoms with E-state index in [0.29, 0.717) is 22.3 Å². The number of aliphatic hydroxyl groups is 1. The van der Waals surface area contributed by atoms with Gasteiger partial charge < -0.3 is 10.4 Å². The molecule has 0 saturated carbocycles. The van der Waals surface area contributed by atoms with E-state index in [0.717, 1.165) is 17.2 Å². The van der Waals surface area contributed by atoms with Crippen molar-refractivity contribution in [2.75, 3.05) is 6.61 Å². The molecular formula is C20H17ClF2N6O4. The van der Waals surface area contributed by atoms with E-state index in [4.69, 9.17) is 16.4 Å². The van der Waals surface area contributed by atoms with Gasteiger partial charge >= 0.3 is 0 Å². The molecule has 1 aliphatic rings. The van der Waals surface area contributed by atoms with Crippen LogP contribution in [0, 0.1) is 11.6 Å². The molecule has 4 rings (SSSR count). The van der Waals surface area contributed by atoms with Crippen molar-refractivity contribution >= 4 is 23.4 Å². The second-order valence-electron chi connectivity index (χ2n) is 7.15. The summed E-state index contributed by atoms with van der Waals surface area (Å²) in [6.45, 7) is 0.0753. The van der Waals surface area contributed by atoms with Crippen molar-refractivity contribution in [1.29, 1.82) is 0 Å². The Hall–Kier alpha value is -3.48. The first-order valence-electron chi connectivity index (χ1n) is 9.73. The van der Waals surface area contributed by atoms with Crippen LogP contribution in [-0.4, -0.2) is 54.8 Å². The Labute approximate surface area is 190 Å². The van der Waals surface area contributed by atoms with Crippen molar-refractivity contribution in [2.24, 2.45) is 0 Å². The van der Waals surface area contributed by atoms with E-state index in [9.17, 15) is 23.5 Å². The monoisotopic (exact) mass is 478 g/mol. The Bertz CT molecular complexity index is 1160. The van der Waals surface area contributed by atoms with Gasteiger partial charge in [0.2, 0.25) is 5.91 Å². The highest BCUT2D eigenvalue weighted by molar-refractivity contribution is 6.30. The molecule has 10 nitrogen and oxygen atoms in total. The molecule has 1 unspecified atom stereocenters. The van der Waals surface area contributed by atoms with E-state index in [-0.39, 0.29) is 25.1 Å². The summed E-state index contributed by atoms with van der Waals surface area (Å²) in [5.41, 5.74) is 0.899. The minimum Gasteiger partial charge on any atom is -0.378 e. The topological polar surface area (TPSA) is 122 Å². The van der Waals surface area contributed by atoms with Gasteiger partial charge in [0.1, 0.15) is 24.0 Å². The number of hydrogen-bond donors (Lipinski definition) is 2. The van der Waals surface area contributed by atoms with E-state index >= 15 is 0 Å². The van der Waals surface area contributed by atoms with Gasteiger partial charge in [-0.1, -0.05) is 11.6 Å². The molecule has 0 aliphatic carbocycles. The molecule has 0 bridgehead atoms. The van der Waals surface area contributed by atoms with Gasteiger partial charge in [-0.15, -0.1) is 5.10 Å². The fourth-order valence-electron chi connectivity index (χ4n) is 3.41. The molecule has 3 aromatic rings. The largest absolute Gasteiger partial charge is 0.378 e. The molecule has 2 heterocycles. The number of amides is 2. The zero-order valence-corrected chi connectivity index (χ0v) is 17.6. The lowest BCUT2D eigenvalue weighted by molar-refractivity contribution is -0.187. The molecule has 1 aromatic heterocycles. The van der Waals surface area contributed by atoms with Crippen molar-refractivity contribution in [3.05, 3.63) is 70.5 Å². The van der Waals surface area contributed by atoms with Crippen LogP contribution in [0.4, 0.5) is 8.78 Å². The van der Waals surface area contributed by atoms with Crippen LogP contribution in [0.25, 0.3) is 5.69 Å². The van der Waals surface area contributed by atoms with Crippen LogP contribution >= 0.6 is 11.6 Å². The number of rotatable bonds is 6. The second-order valence-corrected chi connectivity index (χ2v) is 7.59. The van der Waals surface area contributed by atoms with Crippen molar-refractivity contribution in [1.82, 2.24) is 30.6 Å². The summed E-state index contributed by atoms with van der Waals surface area (Å²) in [4.78, 5) is 30.7. The number of hydroxylamine groups is 2. The van der Waals surface area contributed by atoms with Gasteiger partial charge in [0.15, 0.2) is 6.10 Å². The maximum atomic E-state index is 13.5. The Morgan fingerprint density at radius 1 is 1.24 bits per heavy atom. The minimum atomic E-state index is -1.91. The Balaban J connectivity index is 1.46. The van der Waals surface area contributed by atoms with Crippen LogP contribution in [0.2, 0.25) is 5.02 Å². The number of hydrogen-bond acceptors (Lipinski definition) is 7. The zero-order chi connectivity index (χ0) is 23.5. The number of halogens is 3. The van der Waals surface area contributed by atoms with Gasteiger partial charge in [0.05, 0.1) is 12.3 Å². The van der Waals surface area contributed by atoms with Gasteiger partial charge in [-0.25, -0.2) is 18.5 Å². The van der Waals surface area contributed by atoms with Crippen LogP contribution in [0.15, 0.2) is 42.7 Å². The summed E-state index contributed by atoms with van der Waals surface area (Å²) in [5, 5.41) is 25.1. The van der Waals surface area contributed by atoms with Crippen molar-refractivity contribution in [3.8, 4) is 5.69 Å². The third-order valence-electron chi connectivity index (χ3n) is 4.95. The lowest BCUT2D eigenvalue weighted by Crippen LogP contribution is -2.46. The van der Waals surface area contributed by atoms with Crippen molar-refractivity contribution < 1.29 is 28.3 Å². The number of tetrazole rings is 1. The standard InChI is InChI=1S/C20H17ClF2N6O4/c21-13-1-2-16(28-10-25-26-27-28)12(5-13)9-24-19(31)17-3-4-33-29(17)20(32)18(30)11-6-14(22)8-15(23)7-11/h1-2,5-8,10,17-18,30H,3-4,9H2,(H,24,31)/t17-,18?/m0/s1. The lowest BCUT2D eigenvalue weighted by atomic mass is 10.1. The average molecular weight is 479 g/mol. The first kappa shape index (κ1) is 22.7. The summed E-state index contributed by atoms with van der Waals surface area (Å²) in [6, 6.07) is 6.18. The molecule has 2 atom stereocenters. The lowest BCUT2D eigenvalue weighted by Gasteiger charge is -2.24. The van der Waals surface area contributed by atoms with Crippen LogP contribution in [-0.2, 0) is 21.0 Å². The highest BCUT2D eigenvalue weighted by Crippen LogP contribution is 2.24. The van der Waals surface area contributed by atoms with Gasteiger partial charge in [-0.2, -0.15) is 0 Å². The van der Waals surface area contributed by atoms with Crippen LogP contribution in [0.5, 0.6) is 0 Å². The number of carbonyl (C=O) groups is 2. The number of aliphatic hydroxyl groups excluding tert-OH is 1. The first-order valence-corrected chi connectivity index (χ1v) is 10.1. The van der Waals surface area contributed by atoms with Crippen LogP contribution < -0.4 is 5.32 Å². The molecule has 33 heavy (non-hydrogen) atoms. The third kappa shape index (κ3) is 4.97. The van der Waals surface area contributed by atoms with E-state index in [1.165, 1.54) is 11.0 Å². The molecule has 2 aromatic carbocycles. The number of nitrogens with one attached hydrogen (secondary N) is 1. The predicted molar refractivity (Wildman–Crippen MR) is 109 cm³/mol. The summed E-state index contributed by atoms with van der Waals surface area (Å²) < 4.78 is 28.3. The second kappa shape index (κ2) is 9.57. The molecule has 2 amide bonds. The van der Waals surface area contributed by atoms with Gasteiger partial charge in [0.25, 0.3) is 5.91 Å². The molecule has 172 valence electrons. The maximum Gasteiger partial charge on any atom is 0.280 e. The third-order valence-corrected chi connectivity index (χ3v) is 5.18. The fourth-order valence-corrected chi connectivity index (χ4v) is 3.61. The van der Waals surface area contributed by atoms with Crippen LogP contribution in [0.1, 0.15) is 23.7 Å². The zero-order valence-electron chi connectivity index (χ0n) is 16.9. The van der Waals surface area contributed by atoms with Crippen LogP contribution in [0.3, 0.4) is 0 Å². The van der Waals surface area contributed by atoms with Crippen molar-refractivity contribution in [3.63, 3.8) is 0 Å². The predicted octanol–water partition coefficient (Wildman–Crippen LogP) is 1.48. The van der Waals surface area contributed by atoms with E-state index in [2.05, 4.69) is 20.8 Å². The normalized spacial score (nSPS) is 16.6. The smallest absolute Gasteiger partial charge is 0.280 e. The van der Waals surface area contributed by atoms with E-state index < -0.39 is 35.6 Å². The van der Waals surface area contributed by atoms with Gasteiger partial charge in [-0.3, -0.25) is 14.4 Å². The molecule has 2 N–H and O–H groups in total. The summed E-state index contributed by atoms with van der Waals surface area (Å²) in [5.74, 6) is -3.47. The van der Waals surface area contributed by atoms with E-state index in [1.807, 2.05) is 0 Å². The highest BCUT2D eigenvalue weighted by atomic mass is 35.5. The maximum absolute atomic E-state index is 13.5. The first-order chi connectivity index (χ1) is 15.8. The number of nitrogens with zero attached hydrogens (tertiary/aromatic N) is 5. The molecule has 1 fully saturated rings. The molecule has 1 aliphatic heterocycles. The Kier molecular flexibility index (Phi) is 6.58. The number of aromatic nitrogens is 4. The Morgan fingerprint density at radius 3 is 2.70 bits per heavy atom. The summed E-state index contributed by atoms with van der Waals surface area (Å²) in [7, 11) is 0.